The Bertz CT molecular complexity index is 1120. The molecule has 1 aromatic heterocycles. The number of benzene rings is 2. The molecule has 32 heavy (non-hydrogen) atoms. The van der Waals surface area contributed by atoms with Gasteiger partial charge in [0.25, 0.3) is 0 Å². The average Bonchev–Trinajstić information content (AvgIpc) is 3.21. The van der Waals surface area contributed by atoms with Crippen LogP contribution in [0.4, 0.5) is 0 Å². The lowest BCUT2D eigenvalue weighted by atomic mass is 9.71. The summed E-state index contributed by atoms with van der Waals surface area (Å²) in [5.41, 5.74) is 4.58. The third-order valence-electron chi connectivity index (χ3n) is 5.92. The minimum absolute atomic E-state index is 0.0566. The van der Waals surface area contributed by atoms with Crippen LogP contribution in [-0.2, 0) is 17.6 Å². The number of ether oxygens (including phenoxy) is 1. The number of aliphatic carboxylic acids is 1. The standard InChI is InChI=1S/C25H27ClN2O3S/c1-4-19-16(10-15-11-18(12-15)25(29)30)6-5-7-20(19)24-28-27-23(32-24)17-8-9-22(21(26)13-17)31-14(2)3/h5-9,13-15,18H,4,10-12H2,1-3H3,(H,29,30). The number of carboxylic acid groups (broad SMARTS) is 1. The molecule has 1 saturated carbocycles. The third-order valence-corrected chi connectivity index (χ3v) is 7.22. The van der Waals surface area contributed by atoms with E-state index in [0.29, 0.717) is 16.7 Å². The Labute approximate surface area is 197 Å². The van der Waals surface area contributed by atoms with Crippen LogP contribution in [0, 0.1) is 11.8 Å². The molecule has 0 amide bonds. The number of halogens is 1. The molecule has 0 spiro atoms. The summed E-state index contributed by atoms with van der Waals surface area (Å²) >= 11 is 7.96. The van der Waals surface area contributed by atoms with Gasteiger partial charge in [0.2, 0.25) is 0 Å². The highest BCUT2D eigenvalue weighted by Gasteiger charge is 2.34. The van der Waals surface area contributed by atoms with Crippen LogP contribution >= 0.6 is 22.9 Å². The number of aromatic nitrogens is 2. The van der Waals surface area contributed by atoms with Crippen molar-refractivity contribution in [2.75, 3.05) is 0 Å². The molecule has 0 unspecified atom stereocenters. The maximum Gasteiger partial charge on any atom is 0.306 e. The molecule has 0 atom stereocenters. The summed E-state index contributed by atoms with van der Waals surface area (Å²) in [5, 5.41) is 20.3. The van der Waals surface area contributed by atoms with E-state index in [1.54, 1.807) is 11.3 Å². The summed E-state index contributed by atoms with van der Waals surface area (Å²) in [4.78, 5) is 11.1. The van der Waals surface area contributed by atoms with Crippen LogP contribution in [0.3, 0.4) is 0 Å². The van der Waals surface area contributed by atoms with Crippen molar-refractivity contribution < 1.29 is 14.6 Å². The molecule has 2 aromatic carbocycles. The molecular formula is C25H27ClN2O3S. The van der Waals surface area contributed by atoms with Gasteiger partial charge < -0.3 is 9.84 Å². The van der Waals surface area contributed by atoms with Crippen LogP contribution in [0.2, 0.25) is 5.02 Å². The Hall–Kier alpha value is -2.44. The quantitative estimate of drug-likeness (QED) is 0.405. The summed E-state index contributed by atoms with van der Waals surface area (Å²) in [6.45, 7) is 6.09. The van der Waals surface area contributed by atoms with E-state index in [0.717, 1.165) is 46.8 Å². The minimum atomic E-state index is -0.670. The lowest BCUT2D eigenvalue weighted by molar-refractivity contribution is -0.146. The first-order valence-corrected chi connectivity index (χ1v) is 12.2. The van der Waals surface area contributed by atoms with E-state index in [-0.39, 0.29) is 12.0 Å². The molecule has 0 bridgehead atoms. The summed E-state index contributed by atoms with van der Waals surface area (Å²) in [5.74, 6) is 0.256. The second kappa shape index (κ2) is 9.59. The zero-order valence-electron chi connectivity index (χ0n) is 18.5. The predicted molar refractivity (Wildman–Crippen MR) is 128 cm³/mol. The Morgan fingerprint density at radius 1 is 1.22 bits per heavy atom. The van der Waals surface area contributed by atoms with Gasteiger partial charge >= 0.3 is 5.97 Å². The van der Waals surface area contributed by atoms with E-state index in [1.165, 1.54) is 11.1 Å². The smallest absolute Gasteiger partial charge is 0.306 e. The monoisotopic (exact) mass is 470 g/mol. The topological polar surface area (TPSA) is 72.3 Å². The van der Waals surface area contributed by atoms with Gasteiger partial charge in [-0.25, -0.2) is 0 Å². The van der Waals surface area contributed by atoms with Crippen molar-refractivity contribution >= 4 is 28.9 Å². The number of hydrogen-bond acceptors (Lipinski definition) is 5. The number of nitrogens with zero attached hydrogens (tertiary/aromatic N) is 2. The lowest BCUT2D eigenvalue weighted by Gasteiger charge is -2.33. The number of carboxylic acids is 1. The normalized spacial score (nSPS) is 17.9. The van der Waals surface area contributed by atoms with Crippen molar-refractivity contribution in [3.8, 4) is 26.9 Å². The number of rotatable bonds is 8. The van der Waals surface area contributed by atoms with Crippen LogP contribution in [0.5, 0.6) is 5.75 Å². The van der Waals surface area contributed by atoms with Gasteiger partial charge in [0.1, 0.15) is 15.8 Å². The van der Waals surface area contributed by atoms with Crippen molar-refractivity contribution in [3.05, 3.63) is 52.5 Å². The molecule has 4 rings (SSSR count). The van der Waals surface area contributed by atoms with Gasteiger partial charge in [0, 0.05) is 11.1 Å². The Morgan fingerprint density at radius 3 is 2.62 bits per heavy atom. The van der Waals surface area contributed by atoms with E-state index in [4.69, 9.17) is 21.4 Å². The molecule has 1 N–H and O–H groups in total. The first-order chi connectivity index (χ1) is 15.4. The van der Waals surface area contributed by atoms with Crippen LogP contribution in [0.15, 0.2) is 36.4 Å². The third kappa shape index (κ3) is 4.81. The zero-order valence-corrected chi connectivity index (χ0v) is 20.0. The van der Waals surface area contributed by atoms with Gasteiger partial charge in [-0.05, 0) is 74.8 Å². The highest BCUT2D eigenvalue weighted by molar-refractivity contribution is 7.17. The minimum Gasteiger partial charge on any atom is -0.489 e. The molecule has 1 aliphatic rings. The molecule has 1 aliphatic carbocycles. The number of carbonyl (C=O) groups is 1. The predicted octanol–water partition coefficient (Wildman–Crippen LogP) is 6.53. The molecule has 0 radical (unpaired) electrons. The summed E-state index contributed by atoms with van der Waals surface area (Å²) in [6.07, 6.45) is 3.40. The summed E-state index contributed by atoms with van der Waals surface area (Å²) in [7, 11) is 0. The Kier molecular flexibility index (Phi) is 6.82. The second-order valence-electron chi connectivity index (χ2n) is 8.60. The molecule has 168 valence electrons. The molecule has 1 heterocycles. The van der Waals surface area contributed by atoms with Gasteiger partial charge in [-0.3, -0.25) is 4.79 Å². The van der Waals surface area contributed by atoms with Crippen LogP contribution in [-0.4, -0.2) is 27.4 Å². The average molecular weight is 471 g/mol. The van der Waals surface area contributed by atoms with Gasteiger partial charge in [0.05, 0.1) is 17.0 Å². The van der Waals surface area contributed by atoms with Gasteiger partial charge in [0.15, 0.2) is 0 Å². The number of hydrogen-bond donors (Lipinski definition) is 1. The van der Waals surface area contributed by atoms with Gasteiger partial charge in [-0.15, -0.1) is 10.2 Å². The van der Waals surface area contributed by atoms with Crippen molar-refractivity contribution in [2.45, 2.75) is 52.6 Å². The molecule has 0 saturated heterocycles. The maximum absolute atomic E-state index is 11.1. The first-order valence-electron chi connectivity index (χ1n) is 11.0. The maximum atomic E-state index is 11.1. The molecule has 1 fully saturated rings. The van der Waals surface area contributed by atoms with Crippen LogP contribution in [0.1, 0.15) is 44.7 Å². The van der Waals surface area contributed by atoms with E-state index in [9.17, 15) is 4.79 Å². The summed E-state index contributed by atoms with van der Waals surface area (Å²) < 4.78 is 5.72. The SMILES string of the molecule is CCc1c(CC2CC(C(=O)O)C2)cccc1-c1nnc(-c2ccc(OC(C)C)c(Cl)c2)s1. The lowest BCUT2D eigenvalue weighted by Crippen LogP contribution is -2.31. The molecule has 3 aromatic rings. The van der Waals surface area contributed by atoms with E-state index >= 15 is 0 Å². The van der Waals surface area contributed by atoms with Crippen molar-refractivity contribution in [1.29, 1.82) is 0 Å². The van der Waals surface area contributed by atoms with E-state index in [2.05, 4.69) is 35.3 Å². The van der Waals surface area contributed by atoms with Crippen LogP contribution in [0.25, 0.3) is 21.1 Å². The Balaban J connectivity index is 1.56. The fourth-order valence-corrected chi connectivity index (χ4v) is 5.41. The fourth-order valence-electron chi connectivity index (χ4n) is 4.29. The highest BCUT2D eigenvalue weighted by Crippen LogP contribution is 2.39. The van der Waals surface area contributed by atoms with Crippen LogP contribution < -0.4 is 4.74 Å². The Morgan fingerprint density at radius 2 is 1.97 bits per heavy atom. The highest BCUT2D eigenvalue weighted by atomic mass is 35.5. The fraction of sp³-hybridized carbons (Fsp3) is 0.400. The van der Waals surface area contributed by atoms with E-state index < -0.39 is 5.97 Å². The molecule has 5 nitrogen and oxygen atoms in total. The molecule has 7 heteroatoms. The van der Waals surface area contributed by atoms with Crippen molar-refractivity contribution in [1.82, 2.24) is 10.2 Å². The van der Waals surface area contributed by atoms with E-state index in [1.807, 2.05) is 32.0 Å². The van der Waals surface area contributed by atoms with Crippen molar-refractivity contribution in [3.63, 3.8) is 0 Å². The molecule has 0 aliphatic heterocycles. The largest absolute Gasteiger partial charge is 0.489 e. The van der Waals surface area contributed by atoms with Gasteiger partial charge in [-0.2, -0.15) is 0 Å². The van der Waals surface area contributed by atoms with Crippen molar-refractivity contribution in [2.24, 2.45) is 11.8 Å². The zero-order chi connectivity index (χ0) is 22.8. The second-order valence-corrected chi connectivity index (χ2v) is 9.98. The van der Waals surface area contributed by atoms with Gasteiger partial charge in [-0.1, -0.05) is 48.1 Å². The molecular weight excluding hydrogens is 444 g/mol. The summed E-state index contributed by atoms with van der Waals surface area (Å²) in [6, 6.07) is 12.0. The first kappa shape index (κ1) is 22.7.